The van der Waals surface area contributed by atoms with Gasteiger partial charge in [-0.3, -0.25) is 0 Å². The Labute approximate surface area is 97.0 Å². The molecule has 1 rings (SSSR count). The second-order valence-electron chi connectivity index (χ2n) is 3.66. The molecule has 1 aromatic carbocycles. The van der Waals surface area contributed by atoms with Crippen LogP contribution in [-0.4, -0.2) is 6.21 Å². The lowest BCUT2D eigenvalue weighted by Crippen LogP contribution is -2.02. The fraction of sp³-hybridized carbons (Fsp3) is 0.214. The molecule has 2 heteroatoms. The molecule has 0 radical (unpaired) electrons. The Morgan fingerprint density at radius 2 is 2.19 bits per heavy atom. The molecule has 2 nitrogen and oxygen atoms in total. The predicted octanol–water partition coefficient (Wildman–Crippen LogP) is 3.15. The molecule has 84 valence electrons. The topological polar surface area (TPSA) is 49.9 Å². The smallest absolute Gasteiger partial charge is 0.0253 e. The van der Waals surface area contributed by atoms with Gasteiger partial charge in [-0.1, -0.05) is 24.8 Å². The minimum absolute atomic E-state index is 0.491. The molecule has 0 aromatic heterocycles. The third kappa shape index (κ3) is 2.28. The van der Waals surface area contributed by atoms with Crippen LogP contribution in [0.5, 0.6) is 0 Å². The maximum Gasteiger partial charge on any atom is 0.0253 e. The van der Waals surface area contributed by atoms with E-state index in [2.05, 4.69) is 12.6 Å². The molecular weight excluding hydrogens is 196 g/mol. The summed E-state index contributed by atoms with van der Waals surface area (Å²) in [5, 5.41) is 7.35. The number of allylic oxidation sites excluding steroid dienone is 2. The number of rotatable bonds is 4. The van der Waals surface area contributed by atoms with Crippen molar-refractivity contribution in [3.05, 3.63) is 47.0 Å². The zero-order valence-corrected chi connectivity index (χ0v) is 9.88. The third-order valence-corrected chi connectivity index (χ3v) is 2.70. The van der Waals surface area contributed by atoms with Gasteiger partial charge in [0.1, 0.15) is 0 Å². The van der Waals surface area contributed by atoms with E-state index in [1.165, 1.54) is 6.21 Å². The molecule has 0 aliphatic heterocycles. The van der Waals surface area contributed by atoms with E-state index in [-0.39, 0.29) is 0 Å². The molecule has 0 aliphatic carbocycles. The monoisotopic (exact) mass is 214 g/mol. The van der Waals surface area contributed by atoms with Gasteiger partial charge in [-0.2, -0.15) is 0 Å². The van der Waals surface area contributed by atoms with E-state index in [9.17, 15) is 0 Å². The molecule has 0 atom stereocenters. The van der Waals surface area contributed by atoms with Crippen molar-refractivity contribution in [2.24, 2.45) is 5.73 Å². The summed E-state index contributed by atoms with van der Waals surface area (Å²) in [7, 11) is 0. The van der Waals surface area contributed by atoms with Crippen LogP contribution in [0.1, 0.15) is 29.2 Å². The Hall–Kier alpha value is -1.67. The first kappa shape index (κ1) is 12.4. The molecule has 0 aliphatic rings. The first-order valence-corrected chi connectivity index (χ1v) is 5.31. The van der Waals surface area contributed by atoms with Gasteiger partial charge in [0, 0.05) is 12.8 Å². The van der Waals surface area contributed by atoms with Gasteiger partial charge in [0.25, 0.3) is 0 Å². The fourth-order valence-corrected chi connectivity index (χ4v) is 1.83. The maximum absolute atomic E-state index is 7.35. The summed E-state index contributed by atoms with van der Waals surface area (Å²) in [4.78, 5) is 0. The van der Waals surface area contributed by atoms with Crippen molar-refractivity contribution >= 4 is 17.9 Å². The minimum Gasteiger partial charge on any atom is -0.326 e. The highest BCUT2D eigenvalue weighted by Crippen LogP contribution is 2.22. The lowest BCUT2D eigenvalue weighted by atomic mass is 9.95. The largest absolute Gasteiger partial charge is 0.326 e. The highest BCUT2D eigenvalue weighted by atomic mass is 14.5. The SMILES string of the molecule is C=Cc1c(C)cc(/C(C=N)=C/C)cc1CN. The highest BCUT2D eigenvalue weighted by molar-refractivity contribution is 6.08. The lowest BCUT2D eigenvalue weighted by molar-refractivity contribution is 1.06. The van der Waals surface area contributed by atoms with Crippen LogP contribution >= 0.6 is 0 Å². The Bertz CT molecular complexity index is 442. The molecule has 0 saturated heterocycles. The van der Waals surface area contributed by atoms with E-state index in [0.29, 0.717) is 6.54 Å². The molecule has 16 heavy (non-hydrogen) atoms. The molecule has 0 saturated carbocycles. The van der Waals surface area contributed by atoms with Gasteiger partial charge in [-0.05, 0) is 47.7 Å². The van der Waals surface area contributed by atoms with E-state index in [4.69, 9.17) is 11.1 Å². The third-order valence-electron chi connectivity index (χ3n) is 2.70. The van der Waals surface area contributed by atoms with Gasteiger partial charge in [0.05, 0.1) is 0 Å². The molecule has 0 bridgehead atoms. The maximum atomic E-state index is 7.35. The van der Waals surface area contributed by atoms with Gasteiger partial charge in [-0.15, -0.1) is 0 Å². The number of nitrogens with two attached hydrogens (primary N) is 1. The predicted molar refractivity (Wildman–Crippen MR) is 71.6 cm³/mol. The van der Waals surface area contributed by atoms with Crippen molar-refractivity contribution in [2.45, 2.75) is 20.4 Å². The molecule has 0 unspecified atom stereocenters. The van der Waals surface area contributed by atoms with Crippen LogP contribution in [0.4, 0.5) is 0 Å². The molecule has 0 fully saturated rings. The Morgan fingerprint density at radius 1 is 1.50 bits per heavy atom. The van der Waals surface area contributed by atoms with E-state index in [1.54, 1.807) is 0 Å². The first-order valence-electron chi connectivity index (χ1n) is 5.31. The quantitative estimate of drug-likeness (QED) is 0.743. The van der Waals surface area contributed by atoms with Gasteiger partial charge in [0.15, 0.2) is 0 Å². The minimum atomic E-state index is 0.491. The van der Waals surface area contributed by atoms with Crippen LogP contribution in [-0.2, 0) is 6.54 Å². The fourth-order valence-electron chi connectivity index (χ4n) is 1.83. The number of aryl methyl sites for hydroxylation is 1. The summed E-state index contributed by atoms with van der Waals surface area (Å²) in [6.07, 6.45) is 5.12. The van der Waals surface area contributed by atoms with Crippen LogP contribution in [0, 0.1) is 12.3 Å². The van der Waals surface area contributed by atoms with Crippen molar-refractivity contribution in [3.8, 4) is 0 Å². The number of benzene rings is 1. The second kappa shape index (κ2) is 5.42. The Morgan fingerprint density at radius 3 is 2.62 bits per heavy atom. The van der Waals surface area contributed by atoms with E-state index in [1.807, 2.05) is 32.1 Å². The van der Waals surface area contributed by atoms with Crippen molar-refractivity contribution in [1.82, 2.24) is 0 Å². The summed E-state index contributed by atoms with van der Waals surface area (Å²) < 4.78 is 0. The molecule has 0 amide bonds. The summed E-state index contributed by atoms with van der Waals surface area (Å²) in [6.45, 7) is 8.26. The van der Waals surface area contributed by atoms with Gasteiger partial charge < -0.3 is 11.1 Å². The van der Waals surface area contributed by atoms with Crippen LogP contribution in [0.3, 0.4) is 0 Å². The lowest BCUT2D eigenvalue weighted by Gasteiger charge is -2.11. The summed E-state index contributed by atoms with van der Waals surface area (Å²) in [5.74, 6) is 0. The zero-order valence-electron chi connectivity index (χ0n) is 9.88. The van der Waals surface area contributed by atoms with Crippen LogP contribution in [0.15, 0.2) is 24.8 Å². The van der Waals surface area contributed by atoms with Crippen molar-refractivity contribution in [3.63, 3.8) is 0 Å². The average molecular weight is 214 g/mol. The molecule has 1 aromatic rings. The van der Waals surface area contributed by atoms with Crippen LogP contribution in [0.25, 0.3) is 11.6 Å². The number of hydrogen-bond donors (Lipinski definition) is 2. The van der Waals surface area contributed by atoms with Crippen molar-refractivity contribution < 1.29 is 0 Å². The Balaban J connectivity index is 3.41. The van der Waals surface area contributed by atoms with E-state index in [0.717, 1.165) is 27.8 Å². The van der Waals surface area contributed by atoms with Crippen LogP contribution in [0.2, 0.25) is 0 Å². The summed E-state index contributed by atoms with van der Waals surface area (Å²) in [5.41, 5.74) is 11.0. The van der Waals surface area contributed by atoms with Crippen molar-refractivity contribution in [1.29, 1.82) is 5.41 Å². The average Bonchev–Trinajstić information content (AvgIpc) is 2.29. The second-order valence-corrected chi connectivity index (χ2v) is 3.66. The Kier molecular flexibility index (Phi) is 4.20. The van der Waals surface area contributed by atoms with E-state index >= 15 is 0 Å². The summed E-state index contributed by atoms with van der Waals surface area (Å²) >= 11 is 0. The number of nitrogens with one attached hydrogen (secondary N) is 1. The first-order chi connectivity index (χ1) is 7.67. The highest BCUT2D eigenvalue weighted by Gasteiger charge is 2.06. The van der Waals surface area contributed by atoms with Gasteiger partial charge in [0.2, 0.25) is 0 Å². The molecule has 3 N–H and O–H groups in total. The van der Waals surface area contributed by atoms with Gasteiger partial charge >= 0.3 is 0 Å². The number of hydrogen-bond acceptors (Lipinski definition) is 2. The molecule has 0 heterocycles. The van der Waals surface area contributed by atoms with E-state index < -0.39 is 0 Å². The zero-order chi connectivity index (χ0) is 12.1. The van der Waals surface area contributed by atoms with Crippen LogP contribution < -0.4 is 5.73 Å². The van der Waals surface area contributed by atoms with Gasteiger partial charge in [-0.25, -0.2) is 0 Å². The molecular formula is C14H18N2. The molecule has 0 spiro atoms. The normalized spacial score (nSPS) is 11.3. The summed E-state index contributed by atoms with van der Waals surface area (Å²) in [6, 6.07) is 4.10. The standard InChI is InChI=1S/C14H18N2/c1-4-11(8-15)12-6-10(3)14(5-2)13(7-12)9-16/h4-8,15H,2,9,16H2,1,3H3/b11-4+,15-8?. The van der Waals surface area contributed by atoms with Crippen molar-refractivity contribution in [2.75, 3.05) is 0 Å².